The molecular formula is C8H15ClO7S. The zero-order chi connectivity index (χ0) is 13.2. The molecule has 2 saturated heterocycles. The zero-order valence-electron chi connectivity index (χ0n) is 8.90. The molecule has 7 nitrogen and oxygen atoms in total. The first-order valence-corrected chi connectivity index (χ1v) is 7.88. The Morgan fingerprint density at radius 1 is 1.00 bits per heavy atom. The minimum absolute atomic E-state index is 0.174. The third-order valence-corrected chi connectivity index (χ3v) is 5.79. The second-order valence-corrected chi connectivity index (χ2v) is 7.19. The van der Waals surface area contributed by atoms with Gasteiger partial charge in [-0.3, -0.25) is 0 Å². The molecule has 0 aromatic rings. The van der Waals surface area contributed by atoms with E-state index in [0.29, 0.717) is 5.75 Å². The number of rotatable bonds is 0. The second-order valence-electron chi connectivity index (χ2n) is 4.02. The predicted molar refractivity (Wildman–Crippen MR) is 48.1 cm³/mol. The van der Waals surface area contributed by atoms with E-state index in [2.05, 4.69) is 0 Å². The molecule has 0 saturated carbocycles. The predicted octanol–water partition coefficient (Wildman–Crippen LogP) is -5.89. The molecule has 2 aliphatic rings. The Kier molecular flexibility index (Phi) is 5.44. The highest BCUT2D eigenvalue weighted by molar-refractivity contribution is 7.97. The van der Waals surface area contributed by atoms with Gasteiger partial charge in [-0.2, -0.15) is 0 Å². The SMILES string of the molecule is OC1C[S+]2CCCC2[C@@H](O)[C@@H]1O.[O-][Cl+3]([O-])([O-])[O-]. The van der Waals surface area contributed by atoms with Crippen LogP contribution < -0.4 is 18.6 Å². The molecule has 2 aliphatic heterocycles. The molecule has 2 rings (SSSR count). The molecule has 2 fully saturated rings. The first-order chi connectivity index (χ1) is 7.70. The van der Waals surface area contributed by atoms with Gasteiger partial charge in [0.25, 0.3) is 0 Å². The smallest absolute Gasteiger partial charge is 0.146 e. The molecule has 0 radical (unpaired) electrons. The van der Waals surface area contributed by atoms with Crippen LogP contribution in [-0.4, -0.2) is 50.4 Å². The summed E-state index contributed by atoms with van der Waals surface area (Å²) in [5.41, 5.74) is 0. The number of hydrogen-bond acceptors (Lipinski definition) is 7. The Labute approximate surface area is 103 Å². The van der Waals surface area contributed by atoms with E-state index in [9.17, 15) is 15.3 Å². The fourth-order valence-electron chi connectivity index (χ4n) is 2.13. The molecule has 0 bridgehead atoms. The van der Waals surface area contributed by atoms with Crippen LogP contribution in [0.4, 0.5) is 0 Å². The number of aliphatic hydroxyl groups excluding tert-OH is 3. The van der Waals surface area contributed by atoms with Crippen LogP contribution in [0.1, 0.15) is 12.8 Å². The van der Waals surface area contributed by atoms with E-state index in [-0.39, 0.29) is 16.1 Å². The number of fused-ring (bicyclic) bond motifs is 1. The summed E-state index contributed by atoms with van der Waals surface area (Å²) in [4.78, 5) is 0. The number of halogens is 1. The van der Waals surface area contributed by atoms with Gasteiger partial charge >= 0.3 is 0 Å². The van der Waals surface area contributed by atoms with E-state index in [1.165, 1.54) is 0 Å². The van der Waals surface area contributed by atoms with Crippen molar-refractivity contribution in [1.82, 2.24) is 0 Å². The van der Waals surface area contributed by atoms with Crippen molar-refractivity contribution in [3.63, 3.8) is 0 Å². The fraction of sp³-hybridized carbons (Fsp3) is 1.00. The highest BCUT2D eigenvalue weighted by Gasteiger charge is 2.51. The van der Waals surface area contributed by atoms with E-state index in [4.69, 9.17) is 18.6 Å². The highest BCUT2D eigenvalue weighted by Crippen LogP contribution is 2.32. The lowest BCUT2D eigenvalue weighted by molar-refractivity contribution is -2.00. The monoisotopic (exact) mass is 290 g/mol. The summed E-state index contributed by atoms with van der Waals surface area (Å²) in [6.45, 7) is 0. The van der Waals surface area contributed by atoms with Crippen molar-refractivity contribution in [1.29, 1.82) is 0 Å². The van der Waals surface area contributed by atoms with Gasteiger partial charge in [-0.1, -0.05) is 0 Å². The van der Waals surface area contributed by atoms with Gasteiger partial charge in [0.15, 0.2) is 0 Å². The van der Waals surface area contributed by atoms with Crippen LogP contribution in [0.25, 0.3) is 0 Å². The maximum absolute atomic E-state index is 9.62. The lowest BCUT2D eigenvalue weighted by Gasteiger charge is -2.31. The van der Waals surface area contributed by atoms with Gasteiger partial charge in [0.1, 0.15) is 35.1 Å². The molecule has 5 atom stereocenters. The Morgan fingerprint density at radius 2 is 1.53 bits per heavy atom. The van der Waals surface area contributed by atoms with E-state index in [1.807, 2.05) is 0 Å². The summed E-state index contributed by atoms with van der Waals surface area (Å²) in [6.07, 6.45) is -0.118. The molecule has 0 spiro atoms. The summed E-state index contributed by atoms with van der Waals surface area (Å²) in [7, 11) is -4.77. The summed E-state index contributed by atoms with van der Waals surface area (Å²) in [5.74, 6) is 1.83. The molecule has 0 aromatic heterocycles. The average molecular weight is 291 g/mol. The van der Waals surface area contributed by atoms with Crippen molar-refractivity contribution in [3.8, 4) is 0 Å². The van der Waals surface area contributed by atoms with Gasteiger partial charge < -0.3 is 15.3 Å². The van der Waals surface area contributed by atoms with Crippen molar-refractivity contribution in [3.05, 3.63) is 0 Å². The van der Waals surface area contributed by atoms with Gasteiger partial charge in [0.2, 0.25) is 0 Å². The summed E-state index contributed by atoms with van der Waals surface area (Å²) >= 11 is 0. The Morgan fingerprint density at radius 3 is 2.06 bits per heavy atom. The number of aliphatic hydroxyl groups is 3. The minimum atomic E-state index is -4.94. The van der Waals surface area contributed by atoms with Gasteiger partial charge in [-0.05, 0) is 17.3 Å². The van der Waals surface area contributed by atoms with E-state index >= 15 is 0 Å². The van der Waals surface area contributed by atoms with Crippen LogP contribution >= 0.6 is 0 Å². The third kappa shape index (κ3) is 4.86. The highest BCUT2D eigenvalue weighted by atomic mass is 35.7. The maximum Gasteiger partial charge on any atom is 0.146 e. The van der Waals surface area contributed by atoms with Crippen molar-refractivity contribution in [2.75, 3.05) is 11.5 Å². The Hall–Kier alpha value is 0.360. The Bertz CT molecular complexity index is 243. The average Bonchev–Trinajstić information content (AvgIpc) is 2.59. The van der Waals surface area contributed by atoms with Crippen LogP contribution in [0, 0.1) is 10.2 Å². The topological polar surface area (TPSA) is 153 Å². The third-order valence-electron chi connectivity index (χ3n) is 2.83. The van der Waals surface area contributed by atoms with Crippen molar-refractivity contribution in [2.24, 2.45) is 0 Å². The lowest BCUT2D eigenvalue weighted by Crippen LogP contribution is -2.68. The van der Waals surface area contributed by atoms with Gasteiger partial charge in [-0.15, -0.1) is 10.2 Å². The van der Waals surface area contributed by atoms with Crippen molar-refractivity contribution < 1.29 is 44.2 Å². The zero-order valence-corrected chi connectivity index (χ0v) is 10.5. The van der Waals surface area contributed by atoms with Crippen LogP contribution in [0.2, 0.25) is 0 Å². The molecule has 3 N–H and O–H groups in total. The molecular weight excluding hydrogens is 276 g/mol. The molecule has 102 valence electrons. The summed E-state index contributed by atoms with van der Waals surface area (Å²) < 4.78 is 34.0. The second kappa shape index (κ2) is 6.00. The van der Waals surface area contributed by atoms with Gasteiger partial charge in [-0.25, -0.2) is 18.6 Å². The summed E-state index contributed by atoms with van der Waals surface area (Å²) in [6, 6.07) is 0. The Balaban J connectivity index is 0.000000249. The number of hydrogen-bond donors (Lipinski definition) is 3. The standard InChI is InChI=1S/C8H15O3S.ClHO4/c9-5-4-12-3-1-2-6(12)8(11)7(5)10;2-1(3,4)5/h5-11H,1-4H2;(H,2,3,4,5)/q+1;/p-1/t5?,6?,7-,8-,12?;/m1./s1. The van der Waals surface area contributed by atoms with Crippen LogP contribution in [-0.2, 0) is 10.9 Å². The maximum atomic E-state index is 9.62. The largest absolute Gasteiger partial charge is 0.387 e. The fourth-order valence-corrected chi connectivity index (χ4v) is 5.07. The summed E-state index contributed by atoms with van der Waals surface area (Å²) in [5, 5.41) is 28.7. The normalized spacial score (nSPS) is 41.5. The van der Waals surface area contributed by atoms with E-state index in [0.717, 1.165) is 18.6 Å². The molecule has 3 unspecified atom stereocenters. The van der Waals surface area contributed by atoms with Crippen molar-refractivity contribution >= 4 is 10.9 Å². The van der Waals surface area contributed by atoms with E-state index in [1.54, 1.807) is 0 Å². The van der Waals surface area contributed by atoms with Crippen LogP contribution in [0.3, 0.4) is 0 Å². The van der Waals surface area contributed by atoms with E-state index < -0.39 is 28.6 Å². The van der Waals surface area contributed by atoms with Crippen LogP contribution in [0.15, 0.2) is 0 Å². The van der Waals surface area contributed by atoms with Gasteiger partial charge in [0, 0.05) is 6.42 Å². The van der Waals surface area contributed by atoms with Crippen LogP contribution in [0.5, 0.6) is 0 Å². The van der Waals surface area contributed by atoms with Crippen molar-refractivity contribution in [2.45, 2.75) is 36.4 Å². The first-order valence-electron chi connectivity index (χ1n) is 5.02. The molecule has 0 aromatic carbocycles. The molecule has 2 heterocycles. The van der Waals surface area contributed by atoms with Gasteiger partial charge in [0.05, 0.1) is 0 Å². The minimum Gasteiger partial charge on any atom is -0.387 e. The quantitative estimate of drug-likeness (QED) is 0.375. The molecule has 17 heavy (non-hydrogen) atoms. The molecule has 0 aliphatic carbocycles. The molecule has 9 heteroatoms. The first kappa shape index (κ1) is 15.4. The lowest BCUT2D eigenvalue weighted by atomic mass is 10.0. The molecule has 0 amide bonds.